The fraction of sp³-hybridized carbons (Fsp3) is 0. The Morgan fingerprint density at radius 1 is 0.778 bits per heavy atom. The van der Waals surface area contributed by atoms with Crippen LogP contribution in [0.2, 0.25) is 0 Å². The Labute approximate surface area is 105 Å². The molecule has 0 saturated heterocycles. The second-order valence-corrected chi connectivity index (χ2v) is 4.70. The molecule has 0 saturated carbocycles. The highest BCUT2D eigenvalue weighted by atomic mass is 16.3. The minimum Gasteiger partial charge on any atom is -0.457 e. The van der Waals surface area contributed by atoms with Crippen molar-refractivity contribution in [1.29, 1.82) is 0 Å². The summed E-state index contributed by atoms with van der Waals surface area (Å²) in [5, 5.41) is 4.95. The van der Waals surface area contributed by atoms with E-state index in [1.165, 1.54) is 27.0 Å². The number of para-hydroxylation sites is 1. The molecule has 3 aromatic carbocycles. The van der Waals surface area contributed by atoms with Gasteiger partial charge in [-0.2, -0.15) is 0 Å². The lowest BCUT2D eigenvalue weighted by atomic mass is 9.88. The molecule has 2 heteroatoms. The SMILES string of the molecule is Bc1c2ccccc2cc2c1oc1ccccc12. The standard InChI is InChI=1S/C16H11BO/c17-15-11-6-2-1-5-10(11)9-13-12-7-3-4-8-14(12)18-16(13)15/h1-9H,17H2. The summed E-state index contributed by atoms with van der Waals surface area (Å²) < 4.78 is 5.99. The predicted octanol–water partition coefficient (Wildman–Crippen LogP) is 3.00. The van der Waals surface area contributed by atoms with Gasteiger partial charge in [0.1, 0.15) is 19.0 Å². The van der Waals surface area contributed by atoms with Gasteiger partial charge in [0.05, 0.1) is 0 Å². The van der Waals surface area contributed by atoms with Gasteiger partial charge in [0.2, 0.25) is 0 Å². The number of rotatable bonds is 0. The number of fused-ring (bicyclic) bond motifs is 4. The van der Waals surface area contributed by atoms with Gasteiger partial charge in [0, 0.05) is 10.8 Å². The highest BCUT2D eigenvalue weighted by Gasteiger charge is 2.10. The minimum atomic E-state index is 0.964. The molecule has 0 bridgehead atoms. The van der Waals surface area contributed by atoms with Crippen molar-refractivity contribution < 1.29 is 4.42 Å². The van der Waals surface area contributed by atoms with E-state index < -0.39 is 0 Å². The van der Waals surface area contributed by atoms with E-state index in [9.17, 15) is 0 Å². The second kappa shape index (κ2) is 3.39. The molecule has 0 radical (unpaired) electrons. The van der Waals surface area contributed by atoms with E-state index in [1.54, 1.807) is 0 Å². The molecule has 0 unspecified atom stereocenters. The number of hydrogen-bond acceptors (Lipinski definition) is 1. The van der Waals surface area contributed by atoms with Crippen molar-refractivity contribution in [3.63, 3.8) is 0 Å². The lowest BCUT2D eigenvalue weighted by Crippen LogP contribution is -2.04. The summed E-state index contributed by atoms with van der Waals surface area (Å²) in [6.07, 6.45) is 0. The Kier molecular flexibility index (Phi) is 1.84. The number of hydrogen-bond donors (Lipinski definition) is 0. The first-order valence-corrected chi connectivity index (χ1v) is 6.14. The van der Waals surface area contributed by atoms with Crippen molar-refractivity contribution in [2.45, 2.75) is 0 Å². The Hall–Kier alpha value is -2.22. The summed E-state index contributed by atoms with van der Waals surface area (Å²) in [7, 11) is 2.13. The molecule has 1 nitrogen and oxygen atoms in total. The molecule has 0 aliphatic rings. The first kappa shape index (κ1) is 9.78. The van der Waals surface area contributed by atoms with Gasteiger partial charge in [-0.25, -0.2) is 0 Å². The van der Waals surface area contributed by atoms with Gasteiger partial charge in [-0.15, -0.1) is 0 Å². The van der Waals surface area contributed by atoms with Crippen LogP contribution in [0, 0.1) is 0 Å². The Morgan fingerprint density at radius 2 is 1.50 bits per heavy atom. The molecule has 0 N–H and O–H groups in total. The van der Waals surface area contributed by atoms with Gasteiger partial charge in [0.25, 0.3) is 0 Å². The molecule has 0 fully saturated rings. The molecule has 0 amide bonds. The van der Waals surface area contributed by atoms with Crippen LogP contribution in [0.15, 0.2) is 59.0 Å². The average Bonchev–Trinajstić information content (AvgIpc) is 2.79. The Morgan fingerprint density at radius 3 is 2.39 bits per heavy atom. The van der Waals surface area contributed by atoms with Crippen LogP contribution in [0.1, 0.15) is 0 Å². The number of furan rings is 1. The summed E-state index contributed by atoms with van der Waals surface area (Å²) in [5.74, 6) is 0. The quantitative estimate of drug-likeness (QED) is 0.423. The van der Waals surface area contributed by atoms with Crippen molar-refractivity contribution in [2.24, 2.45) is 0 Å². The summed E-state index contributed by atoms with van der Waals surface area (Å²) in [4.78, 5) is 0. The summed E-state index contributed by atoms with van der Waals surface area (Å²) in [6, 6.07) is 18.9. The van der Waals surface area contributed by atoms with Crippen LogP contribution in [-0.4, -0.2) is 7.85 Å². The molecular formula is C16H11BO. The third-order valence-corrected chi connectivity index (χ3v) is 3.64. The molecule has 4 aromatic rings. The zero-order chi connectivity index (χ0) is 12.1. The van der Waals surface area contributed by atoms with Crippen molar-refractivity contribution >= 4 is 46.0 Å². The highest BCUT2D eigenvalue weighted by molar-refractivity contribution is 6.45. The first-order chi connectivity index (χ1) is 8.84. The van der Waals surface area contributed by atoms with Gasteiger partial charge in [-0.05, 0) is 28.4 Å². The van der Waals surface area contributed by atoms with Crippen molar-refractivity contribution in [2.75, 3.05) is 0 Å². The zero-order valence-corrected chi connectivity index (χ0v) is 10.1. The zero-order valence-electron chi connectivity index (χ0n) is 10.1. The van der Waals surface area contributed by atoms with E-state index in [1.807, 2.05) is 12.1 Å². The largest absolute Gasteiger partial charge is 0.457 e. The third kappa shape index (κ3) is 1.18. The predicted molar refractivity (Wildman–Crippen MR) is 79.4 cm³/mol. The summed E-state index contributed by atoms with van der Waals surface area (Å²) in [6.45, 7) is 0. The molecule has 1 heterocycles. The summed E-state index contributed by atoms with van der Waals surface area (Å²) in [5.41, 5.74) is 3.19. The van der Waals surface area contributed by atoms with E-state index in [2.05, 4.69) is 50.3 Å². The molecule has 4 rings (SSSR count). The van der Waals surface area contributed by atoms with Crippen LogP contribution in [-0.2, 0) is 0 Å². The Bertz CT molecular complexity index is 889. The average molecular weight is 230 g/mol. The maximum atomic E-state index is 5.99. The van der Waals surface area contributed by atoms with E-state index in [-0.39, 0.29) is 0 Å². The van der Waals surface area contributed by atoms with Crippen molar-refractivity contribution in [1.82, 2.24) is 0 Å². The van der Waals surface area contributed by atoms with E-state index in [0.717, 1.165) is 11.2 Å². The maximum Gasteiger partial charge on any atom is 0.145 e. The van der Waals surface area contributed by atoms with Crippen LogP contribution in [0.4, 0.5) is 0 Å². The monoisotopic (exact) mass is 230 g/mol. The third-order valence-electron chi connectivity index (χ3n) is 3.64. The topological polar surface area (TPSA) is 13.1 Å². The molecule has 0 atom stereocenters. The second-order valence-electron chi connectivity index (χ2n) is 4.70. The van der Waals surface area contributed by atoms with Gasteiger partial charge in [-0.1, -0.05) is 42.5 Å². The van der Waals surface area contributed by atoms with Crippen molar-refractivity contribution in [3.05, 3.63) is 54.6 Å². The normalized spacial score (nSPS) is 11.6. The molecule has 18 heavy (non-hydrogen) atoms. The maximum absolute atomic E-state index is 5.99. The summed E-state index contributed by atoms with van der Waals surface area (Å²) >= 11 is 0. The van der Waals surface area contributed by atoms with Gasteiger partial charge in [-0.3, -0.25) is 0 Å². The fourth-order valence-corrected chi connectivity index (χ4v) is 2.73. The molecular weight excluding hydrogens is 219 g/mol. The van der Waals surface area contributed by atoms with Gasteiger partial charge >= 0.3 is 0 Å². The first-order valence-electron chi connectivity index (χ1n) is 6.14. The molecule has 84 valence electrons. The smallest absolute Gasteiger partial charge is 0.145 e. The van der Waals surface area contributed by atoms with Crippen molar-refractivity contribution in [3.8, 4) is 0 Å². The van der Waals surface area contributed by atoms with Crippen LogP contribution in [0.5, 0.6) is 0 Å². The highest BCUT2D eigenvalue weighted by Crippen LogP contribution is 2.30. The lowest BCUT2D eigenvalue weighted by Gasteiger charge is -2.02. The lowest BCUT2D eigenvalue weighted by molar-refractivity contribution is 0.672. The number of benzene rings is 3. The molecule has 0 spiro atoms. The fourth-order valence-electron chi connectivity index (χ4n) is 2.73. The van der Waals surface area contributed by atoms with Crippen LogP contribution >= 0.6 is 0 Å². The van der Waals surface area contributed by atoms with Gasteiger partial charge in [0.15, 0.2) is 0 Å². The van der Waals surface area contributed by atoms with E-state index in [4.69, 9.17) is 4.42 Å². The molecule has 0 aliphatic carbocycles. The van der Waals surface area contributed by atoms with E-state index in [0.29, 0.717) is 0 Å². The van der Waals surface area contributed by atoms with Gasteiger partial charge < -0.3 is 4.42 Å². The molecule has 0 aliphatic heterocycles. The van der Waals surface area contributed by atoms with Crippen LogP contribution in [0.3, 0.4) is 0 Å². The Balaban J connectivity index is 2.33. The van der Waals surface area contributed by atoms with Crippen LogP contribution < -0.4 is 5.46 Å². The molecule has 1 aromatic heterocycles. The van der Waals surface area contributed by atoms with E-state index >= 15 is 0 Å². The van der Waals surface area contributed by atoms with Crippen LogP contribution in [0.25, 0.3) is 32.7 Å². The minimum absolute atomic E-state index is 0.964.